The number of nitrogens with zero attached hydrogens (tertiary/aromatic N) is 3. The van der Waals surface area contributed by atoms with Crippen molar-refractivity contribution in [3.05, 3.63) is 41.0 Å². The maximum Gasteiger partial charge on any atom is 0.110 e. The first kappa shape index (κ1) is 12.7. The summed E-state index contributed by atoms with van der Waals surface area (Å²) in [6.07, 6.45) is 1.78. The van der Waals surface area contributed by atoms with Gasteiger partial charge in [0.1, 0.15) is 11.8 Å². The highest BCUT2D eigenvalue weighted by Crippen LogP contribution is 2.25. The van der Waals surface area contributed by atoms with E-state index in [1.54, 1.807) is 18.3 Å². The Balaban J connectivity index is 2.54. The fourth-order valence-electron chi connectivity index (χ4n) is 1.62. The van der Waals surface area contributed by atoms with E-state index in [0.29, 0.717) is 16.3 Å². The molecule has 0 bridgehead atoms. The van der Waals surface area contributed by atoms with Crippen LogP contribution in [0, 0.1) is 11.3 Å². The summed E-state index contributed by atoms with van der Waals surface area (Å²) in [5.74, 6) is 0. The molecule has 0 atom stereocenters. The predicted octanol–water partition coefficient (Wildman–Crippen LogP) is 3.83. The topological polar surface area (TPSA) is 41.6 Å². The summed E-state index contributed by atoms with van der Waals surface area (Å²) in [6.45, 7) is 6.15. The van der Waals surface area contributed by atoms with Gasteiger partial charge in [-0.15, -0.1) is 0 Å². The summed E-state index contributed by atoms with van der Waals surface area (Å²) in [7, 11) is 0. The van der Waals surface area contributed by atoms with E-state index < -0.39 is 0 Å². The molecule has 2 aromatic rings. The number of halogens is 1. The Morgan fingerprint density at radius 2 is 1.83 bits per heavy atom. The molecule has 92 valence electrons. The van der Waals surface area contributed by atoms with Crippen molar-refractivity contribution in [1.82, 2.24) is 9.78 Å². The summed E-state index contributed by atoms with van der Waals surface area (Å²) >= 11 is 5.86. The average Bonchev–Trinajstić information content (AvgIpc) is 2.73. The Bertz CT molecular complexity index is 597. The van der Waals surface area contributed by atoms with Crippen molar-refractivity contribution in [3.63, 3.8) is 0 Å². The van der Waals surface area contributed by atoms with Crippen molar-refractivity contribution in [2.75, 3.05) is 0 Å². The second kappa shape index (κ2) is 4.47. The normalized spacial score (nSPS) is 11.3. The number of aromatic nitrogens is 2. The number of nitriles is 1. The van der Waals surface area contributed by atoms with Crippen LogP contribution in [-0.4, -0.2) is 9.78 Å². The molecule has 3 nitrogen and oxygen atoms in total. The van der Waals surface area contributed by atoms with Gasteiger partial charge in [-0.05, 0) is 32.9 Å². The van der Waals surface area contributed by atoms with Crippen molar-refractivity contribution < 1.29 is 0 Å². The minimum Gasteiger partial charge on any atom is -0.265 e. The molecule has 0 fully saturated rings. The van der Waals surface area contributed by atoms with Crippen LogP contribution < -0.4 is 0 Å². The highest BCUT2D eigenvalue weighted by molar-refractivity contribution is 6.30. The average molecular weight is 260 g/mol. The van der Waals surface area contributed by atoms with E-state index >= 15 is 0 Å². The van der Waals surface area contributed by atoms with Crippen LogP contribution in [0.5, 0.6) is 0 Å². The fourth-order valence-corrected chi connectivity index (χ4v) is 1.75. The second-order valence-electron chi connectivity index (χ2n) is 5.13. The number of hydrogen-bond donors (Lipinski definition) is 0. The zero-order valence-electron chi connectivity index (χ0n) is 10.6. The Hall–Kier alpha value is -1.79. The van der Waals surface area contributed by atoms with Crippen molar-refractivity contribution in [2.45, 2.75) is 26.3 Å². The van der Waals surface area contributed by atoms with E-state index in [0.717, 1.165) is 5.56 Å². The second-order valence-corrected chi connectivity index (χ2v) is 5.56. The SMILES string of the molecule is CC(C)(C)n1cc(C#N)c(-c2ccc(Cl)cc2)n1. The minimum absolute atomic E-state index is 0.143. The summed E-state index contributed by atoms with van der Waals surface area (Å²) in [6, 6.07) is 9.53. The number of benzene rings is 1. The Labute approximate surface area is 112 Å². The molecule has 0 radical (unpaired) electrons. The van der Waals surface area contributed by atoms with E-state index in [4.69, 9.17) is 11.6 Å². The summed E-state index contributed by atoms with van der Waals surface area (Å²) in [5, 5.41) is 14.4. The molecule has 18 heavy (non-hydrogen) atoms. The monoisotopic (exact) mass is 259 g/mol. The zero-order valence-corrected chi connectivity index (χ0v) is 11.4. The molecule has 4 heteroatoms. The van der Waals surface area contributed by atoms with Crippen LogP contribution in [-0.2, 0) is 5.54 Å². The first-order valence-electron chi connectivity index (χ1n) is 5.68. The van der Waals surface area contributed by atoms with Crippen molar-refractivity contribution in [3.8, 4) is 17.3 Å². The molecule has 2 rings (SSSR count). The Morgan fingerprint density at radius 3 is 2.33 bits per heavy atom. The molecule has 0 unspecified atom stereocenters. The molecule has 0 saturated carbocycles. The molecule has 0 amide bonds. The van der Waals surface area contributed by atoms with Crippen LogP contribution in [0.25, 0.3) is 11.3 Å². The Kier molecular flexibility index (Phi) is 3.14. The lowest BCUT2D eigenvalue weighted by molar-refractivity contribution is 0.356. The van der Waals surface area contributed by atoms with Gasteiger partial charge in [-0.3, -0.25) is 4.68 Å². The lowest BCUT2D eigenvalue weighted by atomic mass is 10.1. The summed E-state index contributed by atoms with van der Waals surface area (Å²) < 4.78 is 1.81. The Morgan fingerprint density at radius 1 is 1.22 bits per heavy atom. The van der Waals surface area contributed by atoms with Crippen molar-refractivity contribution in [2.24, 2.45) is 0 Å². The van der Waals surface area contributed by atoms with Crippen LogP contribution in [0.15, 0.2) is 30.5 Å². The lowest BCUT2D eigenvalue weighted by Crippen LogP contribution is -2.22. The van der Waals surface area contributed by atoms with E-state index in [1.807, 2.05) is 37.6 Å². The van der Waals surface area contributed by atoms with Gasteiger partial charge in [0.2, 0.25) is 0 Å². The highest BCUT2D eigenvalue weighted by Gasteiger charge is 2.18. The third kappa shape index (κ3) is 2.39. The molecule has 1 heterocycles. The van der Waals surface area contributed by atoms with Gasteiger partial charge in [0.15, 0.2) is 0 Å². The summed E-state index contributed by atoms with van der Waals surface area (Å²) in [5.41, 5.74) is 2.03. The molecule has 0 N–H and O–H groups in total. The molecule has 0 aliphatic carbocycles. The van der Waals surface area contributed by atoms with Crippen LogP contribution >= 0.6 is 11.6 Å². The number of hydrogen-bond acceptors (Lipinski definition) is 2. The van der Waals surface area contributed by atoms with Crippen LogP contribution in [0.4, 0.5) is 0 Å². The third-order valence-electron chi connectivity index (χ3n) is 2.64. The van der Waals surface area contributed by atoms with Gasteiger partial charge in [0, 0.05) is 16.8 Å². The standard InChI is InChI=1S/C14H14ClN3/c1-14(2,3)18-9-11(8-16)13(17-18)10-4-6-12(15)7-5-10/h4-7,9H,1-3H3. The quantitative estimate of drug-likeness (QED) is 0.781. The third-order valence-corrected chi connectivity index (χ3v) is 2.89. The molecular weight excluding hydrogens is 246 g/mol. The first-order valence-corrected chi connectivity index (χ1v) is 6.06. The zero-order chi connectivity index (χ0) is 13.3. The molecule has 0 saturated heterocycles. The molecule has 0 spiro atoms. The molecule has 0 aliphatic heterocycles. The van der Waals surface area contributed by atoms with Gasteiger partial charge in [-0.25, -0.2) is 0 Å². The largest absolute Gasteiger partial charge is 0.265 e. The number of rotatable bonds is 1. The van der Waals surface area contributed by atoms with E-state index in [1.165, 1.54) is 0 Å². The molecule has 0 aliphatic rings. The molecule has 1 aromatic carbocycles. The van der Waals surface area contributed by atoms with Gasteiger partial charge in [0.25, 0.3) is 0 Å². The van der Waals surface area contributed by atoms with Gasteiger partial charge in [-0.1, -0.05) is 23.7 Å². The maximum atomic E-state index is 9.18. The van der Waals surface area contributed by atoms with E-state index in [9.17, 15) is 5.26 Å². The molecular formula is C14H14ClN3. The minimum atomic E-state index is -0.143. The lowest BCUT2D eigenvalue weighted by Gasteiger charge is -2.18. The van der Waals surface area contributed by atoms with Gasteiger partial charge < -0.3 is 0 Å². The van der Waals surface area contributed by atoms with E-state index in [-0.39, 0.29) is 5.54 Å². The smallest absolute Gasteiger partial charge is 0.110 e. The van der Waals surface area contributed by atoms with Crippen molar-refractivity contribution in [1.29, 1.82) is 5.26 Å². The van der Waals surface area contributed by atoms with Crippen molar-refractivity contribution >= 4 is 11.6 Å². The van der Waals surface area contributed by atoms with E-state index in [2.05, 4.69) is 11.2 Å². The van der Waals surface area contributed by atoms with Gasteiger partial charge in [0.05, 0.1) is 11.1 Å². The predicted molar refractivity (Wildman–Crippen MR) is 72.4 cm³/mol. The molecule has 1 aromatic heterocycles. The fraction of sp³-hybridized carbons (Fsp3) is 0.286. The van der Waals surface area contributed by atoms with Crippen LogP contribution in [0.2, 0.25) is 5.02 Å². The summed E-state index contributed by atoms with van der Waals surface area (Å²) in [4.78, 5) is 0. The first-order chi connectivity index (χ1) is 8.41. The van der Waals surface area contributed by atoms with Crippen LogP contribution in [0.3, 0.4) is 0 Å². The maximum absolute atomic E-state index is 9.18. The van der Waals surface area contributed by atoms with Gasteiger partial charge >= 0.3 is 0 Å². The van der Waals surface area contributed by atoms with Gasteiger partial charge in [-0.2, -0.15) is 10.4 Å². The van der Waals surface area contributed by atoms with Crippen LogP contribution in [0.1, 0.15) is 26.3 Å². The highest BCUT2D eigenvalue weighted by atomic mass is 35.5.